The number of ether oxygens (including phenoxy) is 1. The molecule has 0 heterocycles. The van der Waals surface area contributed by atoms with Gasteiger partial charge in [0.2, 0.25) is 0 Å². The van der Waals surface area contributed by atoms with Gasteiger partial charge in [-0.05, 0) is 24.5 Å². The minimum Gasteiger partial charge on any atom is -0.462 e. The Balaban J connectivity index is 2.31. The van der Waals surface area contributed by atoms with Crippen LogP contribution >= 0.6 is 11.6 Å². The van der Waals surface area contributed by atoms with Gasteiger partial charge >= 0.3 is 5.97 Å². The van der Waals surface area contributed by atoms with E-state index in [1.165, 1.54) is 0 Å². The first kappa shape index (κ1) is 12.1. The van der Waals surface area contributed by atoms with Crippen LogP contribution in [0.3, 0.4) is 0 Å². The first-order valence-electron chi connectivity index (χ1n) is 5.02. The molecule has 1 rings (SSSR count). The van der Waals surface area contributed by atoms with E-state index in [0.717, 1.165) is 6.42 Å². The molecule has 15 heavy (non-hydrogen) atoms. The Morgan fingerprint density at radius 2 is 2.07 bits per heavy atom. The summed E-state index contributed by atoms with van der Waals surface area (Å²) in [6.07, 6.45) is 0.808. The number of esters is 1. The van der Waals surface area contributed by atoms with Crippen LogP contribution in [0.5, 0.6) is 0 Å². The molecule has 0 amide bonds. The predicted molar refractivity (Wildman–Crippen MR) is 61.2 cm³/mol. The van der Waals surface area contributed by atoms with Crippen LogP contribution in [0.1, 0.15) is 23.7 Å². The van der Waals surface area contributed by atoms with E-state index >= 15 is 0 Å². The van der Waals surface area contributed by atoms with Crippen LogP contribution in [0.15, 0.2) is 30.3 Å². The van der Waals surface area contributed by atoms with Gasteiger partial charge in [-0.3, -0.25) is 0 Å². The van der Waals surface area contributed by atoms with Gasteiger partial charge in [0.05, 0.1) is 12.2 Å². The highest BCUT2D eigenvalue weighted by Crippen LogP contribution is 2.06. The number of hydrogen-bond acceptors (Lipinski definition) is 2. The van der Waals surface area contributed by atoms with Crippen molar-refractivity contribution in [2.24, 2.45) is 5.92 Å². The van der Waals surface area contributed by atoms with Crippen molar-refractivity contribution < 1.29 is 9.53 Å². The smallest absolute Gasteiger partial charge is 0.338 e. The molecule has 0 saturated carbocycles. The predicted octanol–water partition coefficient (Wildman–Crippen LogP) is 3.11. The fourth-order valence-corrected chi connectivity index (χ4v) is 1.24. The molecule has 0 N–H and O–H groups in total. The Bertz CT molecular complexity index is 298. The summed E-state index contributed by atoms with van der Waals surface area (Å²) in [7, 11) is 0. The lowest BCUT2D eigenvalue weighted by atomic mass is 10.1. The molecule has 0 fully saturated rings. The van der Waals surface area contributed by atoms with Crippen molar-refractivity contribution in [1.29, 1.82) is 0 Å². The van der Waals surface area contributed by atoms with E-state index in [2.05, 4.69) is 0 Å². The number of benzene rings is 1. The monoisotopic (exact) mass is 226 g/mol. The third-order valence-electron chi connectivity index (χ3n) is 2.12. The molecule has 1 atom stereocenters. The molecule has 0 bridgehead atoms. The van der Waals surface area contributed by atoms with Gasteiger partial charge in [0.15, 0.2) is 0 Å². The summed E-state index contributed by atoms with van der Waals surface area (Å²) < 4.78 is 5.10. The van der Waals surface area contributed by atoms with Crippen LogP contribution in [-0.2, 0) is 4.74 Å². The van der Waals surface area contributed by atoms with Crippen molar-refractivity contribution in [3.05, 3.63) is 35.9 Å². The van der Waals surface area contributed by atoms with Gasteiger partial charge in [-0.2, -0.15) is 0 Å². The molecule has 3 heteroatoms. The number of alkyl halides is 1. The third kappa shape index (κ3) is 4.34. The van der Waals surface area contributed by atoms with Crippen LogP contribution in [0, 0.1) is 5.92 Å². The van der Waals surface area contributed by atoms with Crippen molar-refractivity contribution in [2.45, 2.75) is 13.3 Å². The lowest BCUT2D eigenvalue weighted by Crippen LogP contribution is -2.09. The fourth-order valence-electron chi connectivity index (χ4n) is 1.09. The quantitative estimate of drug-likeness (QED) is 0.570. The number of rotatable bonds is 5. The fraction of sp³-hybridized carbons (Fsp3) is 0.417. The molecule has 0 radical (unpaired) electrons. The van der Waals surface area contributed by atoms with Crippen LogP contribution in [0.4, 0.5) is 0 Å². The average Bonchev–Trinajstić information content (AvgIpc) is 2.29. The minimum absolute atomic E-state index is 0.266. The summed E-state index contributed by atoms with van der Waals surface area (Å²) in [6.45, 7) is 2.46. The highest BCUT2D eigenvalue weighted by molar-refractivity contribution is 6.18. The van der Waals surface area contributed by atoms with E-state index in [-0.39, 0.29) is 5.97 Å². The Hall–Kier alpha value is -1.02. The Kier molecular flexibility index (Phi) is 5.19. The van der Waals surface area contributed by atoms with E-state index < -0.39 is 0 Å². The maximum atomic E-state index is 11.5. The van der Waals surface area contributed by atoms with Crippen molar-refractivity contribution in [1.82, 2.24) is 0 Å². The zero-order valence-electron chi connectivity index (χ0n) is 8.78. The summed E-state index contributed by atoms with van der Waals surface area (Å²) >= 11 is 5.64. The number of hydrogen-bond donors (Lipinski definition) is 0. The summed E-state index contributed by atoms with van der Waals surface area (Å²) in [5.74, 6) is 0.718. The Labute approximate surface area is 95.2 Å². The topological polar surface area (TPSA) is 26.3 Å². The first-order chi connectivity index (χ1) is 7.24. The normalized spacial score (nSPS) is 12.1. The number of carbonyl (C=O) groups excluding carboxylic acids is 1. The van der Waals surface area contributed by atoms with Gasteiger partial charge in [0.1, 0.15) is 0 Å². The summed E-state index contributed by atoms with van der Waals surface area (Å²) in [5, 5.41) is 0. The summed E-state index contributed by atoms with van der Waals surface area (Å²) in [6, 6.07) is 8.99. The molecule has 82 valence electrons. The standard InChI is InChI=1S/C12H15ClO2/c1-10(9-13)7-8-15-12(14)11-5-3-2-4-6-11/h2-6,10H,7-9H2,1H3. The van der Waals surface area contributed by atoms with Crippen molar-refractivity contribution in [3.63, 3.8) is 0 Å². The lowest BCUT2D eigenvalue weighted by Gasteiger charge is -2.07. The second kappa shape index (κ2) is 6.46. The van der Waals surface area contributed by atoms with E-state index in [9.17, 15) is 4.79 Å². The van der Waals surface area contributed by atoms with Gasteiger partial charge in [-0.1, -0.05) is 25.1 Å². The van der Waals surface area contributed by atoms with Crippen molar-refractivity contribution in [2.75, 3.05) is 12.5 Å². The van der Waals surface area contributed by atoms with Gasteiger partial charge < -0.3 is 4.74 Å². The van der Waals surface area contributed by atoms with E-state index in [1.54, 1.807) is 12.1 Å². The molecule has 2 nitrogen and oxygen atoms in total. The van der Waals surface area contributed by atoms with Crippen molar-refractivity contribution in [3.8, 4) is 0 Å². The van der Waals surface area contributed by atoms with Crippen LogP contribution in [0.2, 0.25) is 0 Å². The molecule has 0 aliphatic heterocycles. The highest BCUT2D eigenvalue weighted by Gasteiger charge is 2.06. The van der Waals surface area contributed by atoms with E-state index in [1.807, 2.05) is 25.1 Å². The molecule has 1 aromatic rings. The van der Waals surface area contributed by atoms with Gasteiger partial charge in [-0.25, -0.2) is 4.79 Å². The SMILES string of the molecule is CC(CCl)CCOC(=O)c1ccccc1. The van der Waals surface area contributed by atoms with Crippen LogP contribution < -0.4 is 0 Å². The highest BCUT2D eigenvalue weighted by atomic mass is 35.5. The molecular weight excluding hydrogens is 212 g/mol. The molecule has 0 aliphatic carbocycles. The van der Waals surface area contributed by atoms with E-state index in [4.69, 9.17) is 16.3 Å². The van der Waals surface area contributed by atoms with Gasteiger partial charge in [-0.15, -0.1) is 11.6 Å². The minimum atomic E-state index is -0.266. The van der Waals surface area contributed by atoms with E-state index in [0.29, 0.717) is 24.0 Å². The maximum absolute atomic E-state index is 11.5. The Morgan fingerprint density at radius 1 is 1.40 bits per heavy atom. The molecule has 1 aromatic carbocycles. The largest absolute Gasteiger partial charge is 0.462 e. The van der Waals surface area contributed by atoms with Gasteiger partial charge in [0, 0.05) is 5.88 Å². The van der Waals surface area contributed by atoms with Gasteiger partial charge in [0.25, 0.3) is 0 Å². The van der Waals surface area contributed by atoms with Crippen LogP contribution in [0.25, 0.3) is 0 Å². The van der Waals surface area contributed by atoms with Crippen LogP contribution in [-0.4, -0.2) is 18.5 Å². The third-order valence-corrected chi connectivity index (χ3v) is 2.64. The summed E-state index contributed by atoms with van der Waals surface area (Å²) in [5.41, 5.74) is 0.594. The zero-order chi connectivity index (χ0) is 11.1. The maximum Gasteiger partial charge on any atom is 0.338 e. The molecule has 0 saturated heterocycles. The average molecular weight is 227 g/mol. The molecule has 0 spiro atoms. The Morgan fingerprint density at radius 3 is 2.67 bits per heavy atom. The second-order valence-electron chi connectivity index (χ2n) is 3.55. The molecule has 0 aromatic heterocycles. The molecular formula is C12H15ClO2. The second-order valence-corrected chi connectivity index (χ2v) is 3.86. The number of carbonyl (C=O) groups is 1. The first-order valence-corrected chi connectivity index (χ1v) is 5.55. The summed E-state index contributed by atoms with van der Waals surface area (Å²) in [4.78, 5) is 11.5. The molecule has 0 aliphatic rings. The van der Waals surface area contributed by atoms with Crippen molar-refractivity contribution >= 4 is 17.6 Å². The number of halogens is 1. The lowest BCUT2D eigenvalue weighted by molar-refractivity contribution is 0.0488. The molecule has 1 unspecified atom stereocenters. The zero-order valence-corrected chi connectivity index (χ0v) is 9.54.